The average Bonchev–Trinajstić information content (AvgIpc) is 2.22. The molecule has 112 valence electrons. The summed E-state index contributed by atoms with van der Waals surface area (Å²) < 4.78 is 25.4. The van der Waals surface area contributed by atoms with E-state index in [-0.39, 0.29) is 19.8 Å². The summed E-state index contributed by atoms with van der Waals surface area (Å²) in [6.07, 6.45) is 0.230. The Morgan fingerprint density at radius 2 is 1.95 bits per heavy atom. The number of rotatable bonds is 9. The van der Waals surface area contributed by atoms with E-state index in [1.165, 1.54) is 0 Å². The highest BCUT2D eigenvalue weighted by molar-refractivity contribution is 7.45. The van der Waals surface area contributed by atoms with Crippen molar-refractivity contribution in [3.8, 4) is 0 Å². The van der Waals surface area contributed by atoms with Crippen molar-refractivity contribution >= 4 is 13.9 Å². The summed E-state index contributed by atoms with van der Waals surface area (Å²) >= 11 is 0. The van der Waals surface area contributed by atoms with E-state index in [1.54, 1.807) is 0 Å². The maximum atomic E-state index is 11.3. The highest BCUT2D eigenvalue weighted by Crippen LogP contribution is 2.37. The molecule has 0 aromatic rings. The molecule has 1 unspecified atom stereocenters. The van der Waals surface area contributed by atoms with E-state index in [9.17, 15) is 14.3 Å². The first-order chi connectivity index (χ1) is 8.66. The topological polar surface area (TPSA) is 96.9 Å². The van der Waals surface area contributed by atoms with Gasteiger partial charge in [0, 0.05) is 6.54 Å². The van der Waals surface area contributed by atoms with Gasteiger partial charge in [-0.15, -0.1) is 0 Å². The van der Waals surface area contributed by atoms with Crippen LogP contribution in [0.25, 0.3) is 0 Å². The molecule has 0 saturated heterocycles. The molecular formula is C10H21N2O6P. The monoisotopic (exact) mass is 296 g/mol. The van der Waals surface area contributed by atoms with Crippen molar-refractivity contribution in [2.75, 3.05) is 47.4 Å². The Labute approximate surface area is 113 Å². The van der Waals surface area contributed by atoms with E-state index in [0.717, 1.165) is 6.26 Å². The summed E-state index contributed by atoms with van der Waals surface area (Å²) in [5.74, 6) is 0. The van der Waals surface area contributed by atoms with Gasteiger partial charge in [-0.2, -0.15) is 0 Å². The van der Waals surface area contributed by atoms with E-state index < -0.39 is 13.9 Å². The van der Waals surface area contributed by atoms with Gasteiger partial charge in [-0.1, -0.05) is 6.58 Å². The lowest BCUT2D eigenvalue weighted by molar-refractivity contribution is -0.870. The van der Waals surface area contributed by atoms with E-state index >= 15 is 0 Å². The number of amides is 1. The van der Waals surface area contributed by atoms with Crippen molar-refractivity contribution in [2.45, 2.75) is 0 Å². The molecule has 9 heteroatoms. The lowest BCUT2D eigenvalue weighted by Gasteiger charge is -2.27. The zero-order chi connectivity index (χ0) is 14.9. The van der Waals surface area contributed by atoms with Crippen LogP contribution in [-0.4, -0.2) is 58.0 Å². The molecule has 1 N–H and O–H groups in total. The number of phosphoric ester groups is 1. The van der Waals surface area contributed by atoms with Crippen molar-refractivity contribution < 1.29 is 32.5 Å². The predicted molar refractivity (Wildman–Crippen MR) is 67.1 cm³/mol. The molecule has 0 spiro atoms. The fourth-order valence-corrected chi connectivity index (χ4v) is 1.59. The molecule has 0 aromatic heterocycles. The molecule has 0 bridgehead atoms. The zero-order valence-corrected chi connectivity index (χ0v) is 12.4. The first kappa shape index (κ1) is 18.1. The van der Waals surface area contributed by atoms with Crippen molar-refractivity contribution in [2.24, 2.45) is 0 Å². The van der Waals surface area contributed by atoms with Gasteiger partial charge in [0.25, 0.3) is 7.82 Å². The van der Waals surface area contributed by atoms with Crippen LogP contribution in [0, 0.1) is 0 Å². The van der Waals surface area contributed by atoms with Gasteiger partial charge in [0.1, 0.15) is 13.2 Å². The van der Waals surface area contributed by atoms with Crippen LogP contribution in [0.1, 0.15) is 0 Å². The Kier molecular flexibility index (Phi) is 7.89. The standard InChI is InChI=1S/C10H21N2O6P/c1-5-16-10(13)11-6-8-17-19(14,15)18-9-7-12(2,3)4/h5H,1,6-9H2,2-4H3,(H-,11,13,14,15). The summed E-state index contributed by atoms with van der Waals surface area (Å²) in [5, 5.41) is 2.26. The van der Waals surface area contributed by atoms with Gasteiger partial charge in [0.05, 0.1) is 34.0 Å². The molecule has 0 saturated carbocycles. The fourth-order valence-electron chi connectivity index (χ4n) is 0.892. The number of quaternary nitrogens is 1. The van der Waals surface area contributed by atoms with Crippen LogP contribution in [0.5, 0.6) is 0 Å². The molecule has 0 fully saturated rings. The first-order valence-electron chi connectivity index (χ1n) is 5.62. The summed E-state index contributed by atoms with van der Waals surface area (Å²) in [4.78, 5) is 22.1. The van der Waals surface area contributed by atoms with Crippen molar-refractivity contribution in [1.29, 1.82) is 0 Å². The third-order valence-corrected chi connectivity index (χ3v) is 2.82. The number of carbonyl (C=O) groups excluding carboxylic acids is 1. The Morgan fingerprint density at radius 3 is 2.47 bits per heavy atom. The number of nitrogens with zero attached hydrogens (tertiary/aromatic N) is 1. The second-order valence-electron chi connectivity index (χ2n) is 4.63. The van der Waals surface area contributed by atoms with Crippen LogP contribution >= 0.6 is 7.82 Å². The molecule has 0 radical (unpaired) electrons. The van der Waals surface area contributed by atoms with Gasteiger partial charge < -0.3 is 28.5 Å². The zero-order valence-electron chi connectivity index (χ0n) is 11.5. The first-order valence-corrected chi connectivity index (χ1v) is 7.08. The minimum Gasteiger partial charge on any atom is -0.756 e. The minimum atomic E-state index is -4.33. The Bertz CT molecular complexity index is 341. The molecule has 0 rings (SSSR count). The Balaban J connectivity index is 3.76. The highest BCUT2D eigenvalue weighted by Gasteiger charge is 2.13. The number of carbonyl (C=O) groups is 1. The summed E-state index contributed by atoms with van der Waals surface area (Å²) in [5.41, 5.74) is 0. The maximum Gasteiger partial charge on any atom is 0.412 e. The van der Waals surface area contributed by atoms with E-state index in [4.69, 9.17) is 0 Å². The maximum absolute atomic E-state index is 11.3. The molecule has 1 amide bonds. The number of nitrogens with one attached hydrogen (secondary N) is 1. The number of phosphoric acid groups is 1. The fraction of sp³-hybridized carbons (Fsp3) is 0.700. The highest BCUT2D eigenvalue weighted by atomic mass is 31.2. The lowest BCUT2D eigenvalue weighted by atomic mass is 10.5. The molecule has 1 atom stereocenters. The van der Waals surface area contributed by atoms with Gasteiger partial charge in [-0.3, -0.25) is 4.57 Å². The average molecular weight is 296 g/mol. The molecular weight excluding hydrogens is 275 g/mol. The lowest BCUT2D eigenvalue weighted by Crippen LogP contribution is -2.37. The number of hydrogen-bond acceptors (Lipinski definition) is 6. The van der Waals surface area contributed by atoms with Gasteiger partial charge in [-0.05, 0) is 0 Å². The van der Waals surface area contributed by atoms with Gasteiger partial charge in [0.2, 0.25) is 0 Å². The number of ether oxygens (including phenoxy) is 1. The quantitative estimate of drug-likeness (QED) is 0.280. The molecule has 0 aliphatic heterocycles. The third-order valence-electron chi connectivity index (χ3n) is 1.82. The molecule has 0 aromatic carbocycles. The van der Waals surface area contributed by atoms with Crippen LogP contribution in [0.3, 0.4) is 0 Å². The van der Waals surface area contributed by atoms with Crippen LogP contribution in [0.4, 0.5) is 4.79 Å². The molecule has 8 nitrogen and oxygen atoms in total. The van der Waals surface area contributed by atoms with E-state index in [0.29, 0.717) is 11.0 Å². The van der Waals surface area contributed by atoms with Gasteiger partial charge in [0.15, 0.2) is 0 Å². The van der Waals surface area contributed by atoms with Crippen LogP contribution in [-0.2, 0) is 18.3 Å². The van der Waals surface area contributed by atoms with Crippen LogP contribution < -0.4 is 10.2 Å². The number of alkyl carbamates (subject to hydrolysis) is 1. The van der Waals surface area contributed by atoms with Crippen LogP contribution in [0.15, 0.2) is 12.8 Å². The van der Waals surface area contributed by atoms with E-state index in [2.05, 4.69) is 25.7 Å². The Hall–Kier alpha value is -0.920. The smallest absolute Gasteiger partial charge is 0.412 e. The summed E-state index contributed by atoms with van der Waals surface area (Å²) in [6, 6.07) is 0. The Morgan fingerprint density at radius 1 is 1.37 bits per heavy atom. The third kappa shape index (κ3) is 11.9. The van der Waals surface area contributed by atoms with E-state index in [1.807, 2.05) is 21.1 Å². The molecule has 0 aliphatic carbocycles. The molecule has 0 heterocycles. The van der Waals surface area contributed by atoms with Gasteiger partial charge in [-0.25, -0.2) is 4.79 Å². The largest absolute Gasteiger partial charge is 0.756 e. The summed E-state index contributed by atoms with van der Waals surface area (Å²) in [6.45, 7) is 3.52. The van der Waals surface area contributed by atoms with Crippen LogP contribution in [0.2, 0.25) is 0 Å². The summed E-state index contributed by atoms with van der Waals surface area (Å²) in [7, 11) is 1.41. The predicted octanol–water partition coefficient (Wildman–Crippen LogP) is 0.0639. The molecule has 19 heavy (non-hydrogen) atoms. The van der Waals surface area contributed by atoms with Crippen molar-refractivity contribution in [1.82, 2.24) is 5.32 Å². The second kappa shape index (κ2) is 8.29. The minimum absolute atomic E-state index is 0.0163. The SMILES string of the molecule is C=COC(=O)NCCOP(=O)([O-])OCC[N+](C)(C)C. The number of likely N-dealkylation sites (N-methyl/N-ethyl adjacent to an activating group) is 1. The second-order valence-corrected chi connectivity index (χ2v) is 6.04. The normalized spacial score (nSPS) is 14.5. The number of hydrogen-bond donors (Lipinski definition) is 1. The van der Waals surface area contributed by atoms with Gasteiger partial charge >= 0.3 is 6.09 Å². The van der Waals surface area contributed by atoms with Crippen molar-refractivity contribution in [3.05, 3.63) is 12.8 Å². The van der Waals surface area contributed by atoms with Crippen molar-refractivity contribution in [3.63, 3.8) is 0 Å². The molecule has 0 aliphatic rings.